The molecule has 0 aromatic heterocycles. The highest BCUT2D eigenvalue weighted by Crippen LogP contribution is 2.51. The third kappa shape index (κ3) is 4.31. The monoisotopic (exact) mass is 480 g/mol. The number of carboxylic acids is 1. The van der Waals surface area contributed by atoms with Crippen LogP contribution in [0.3, 0.4) is 0 Å². The molecule has 4 aliphatic rings. The standard InChI is InChI=1S/C21H32N6O5S/c1-9-15-14(10(2)28)19(30)27(15)16(20(31)32)17(9)33-12-5-13(24-7-12)18(29)26-4-3-11(8-26)6-25-21(22)23/h9-15,24,28H,3-8H2,1-2H3,(H,31,32)(H4,22,23,25)/t9-,10-,11-,12+,13+,14-,15-/m1/s1. The van der Waals surface area contributed by atoms with Crippen molar-refractivity contribution < 1.29 is 24.6 Å². The molecule has 0 aliphatic carbocycles. The molecule has 4 rings (SSSR count). The molecule has 33 heavy (non-hydrogen) atoms. The number of hydrogen-bond donors (Lipinski definition) is 5. The number of nitrogens with zero attached hydrogens (tertiary/aromatic N) is 3. The fourth-order valence-electron chi connectivity index (χ4n) is 5.48. The van der Waals surface area contributed by atoms with Crippen molar-refractivity contribution in [1.82, 2.24) is 15.1 Å². The Labute approximate surface area is 196 Å². The number of carbonyl (C=O) groups excluding carboxylic acids is 2. The summed E-state index contributed by atoms with van der Waals surface area (Å²) in [6, 6.07) is -0.650. The molecule has 2 amide bonds. The third-order valence-electron chi connectivity index (χ3n) is 7.12. The summed E-state index contributed by atoms with van der Waals surface area (Å²) in [4.78, 5) is 45.4. The van der Waals surface area contributed by atoms with Gasteiger partial charge in [0.1, 0.15) is 5.70 Å². The van der Waals surface area contributed by atoms with Gasteiger partial charge in [-0.25, -0.2) is 4.79 Å². The molecule has 0 radical (unpaired) electrons. The zero-order valence-electron chi connectivity index (χ0n) is 18.8. The van der Waals surface area contributed by atoms with Gasteiger partial charge in [-0.05, 0) is 25.7 Å². The van der Waals surface area contributed by atoms with Gasteiger partial charge in [-0.15, -0.1) is 11.8 Å². The van der Waals surface area contributed by atoms with Gasteiger partial charge in [-0.3, -0.25) is 14.6 Å². The Balaban J connectivity index is 1.38. The van der Waals surface area contributed by atoms with E-state index in [1.165, 1.54) is 16.7 Å². The van der Waals surface area contributed by atoms with Gasteiger partial charge < -0.3 is 36.8 Å². The van der Waals surface area contributed by atoms with Gasteiger partial charge in [0.25, 0.3) is 0 Å². The van der Waals surface area contributed by atoms with Gasteiger partial charge in [0, 0.05) is 42.3 Å². The first-order valence-electron chi connectivity index (χ1n) is 11.3. The van der Waals surface area contributed by atoms with Crippen LogP contribution in [0.1, 0.15) is 26.7 Å². The number of likely N-dealkylation sites (tertiary alicyclic amines) is 1. The van der Waals surface area contributed by atoms with Crippen molar-refractivity contribution in [3.63, 3.8) is 0 Å². The Morgan fingerprint density at radius 2 is 2.09 bits per heavy atom. The van der Waals surface area contributed by atoms with Crippen LogP contribution < -0.4 is 16.8 Å². The number of aliphatic hydroxyl groups excluding tert-OH is 1. The molecule has 0 bridgehead atoms. The lowest BCUT2D eigenvalue weighted by molar-refractivity contribution is -0.163. The molecule has 0 unspecified atom stereocenters. The van der Waals surface area contributed by atoms with E-state index in [1.807, 2.05) is 11.8 Å². The van der Waals surface area contributed by atoms with E-state index in [9.17, 15) is 24.6 Å². The molecule has 0 aromatic carbocycles. The SMILES string of the molecule is C[C@@H](O)[C@H]1C(=O)N2C(C(=O)O)=C(S[C@@H]3CN[C@H](C(=O)N4CC[C@H](CN=C(N)N)C4)C3)[C@H](C)[C@H]12. The van der Waals surface area contributed by atoms with Crippen LogP contribution in [-0.2, 0) is 14.4 Å². The molecular weight excluding hydrogens is 448 g/mol. The maximum Gasteiger partial charge on any atom is 0.353 e. The number of nitrogens with one attached hydrogen (secondary N) is 1. The highest BCUT2D eigenvalue weighted by Gasteiger charge is 2.60. The van der Waals surface area contributed by atoms with E-state index >= 15 is 0 Å². The van der Waals surface area contributed by atoms with Crippen LogP contribution >= 0.6 is 11.8 Å². The lowest BCUT2D eigenvalue weighted by Gasteiger charge is -2.46. The summed E-state index contributed by atoms with van der Waals surface area (Å²) in [6.45, 7) is 5.85. The predicted octanol–water partition coefficient (Wildman–Crippen LogP) is -1.27. The van der Waals surface area contributed by atoms with E-state index in [2.05, 4.69) is 10.3 Å². The summed E-state index contributed by atoms with van der Waals surface area (Å²) in [5.74, 6) is -1.88. The summed E-state index contributed by atoms with van der Waals surface area (Å²) < 4.78 is 0. The molecule has 11 nitrogen and oxygen atoms in total. The molecule has 4 aliphatic heterocycles. The molecule has 7 N–H and O–H groups in total. The van der Waals surface area contributed by atoms with E-state index < -0.39 is 18.0 Å². The second-order valence-electron chi connectivity index (χ2n) is 9.41. The number of fused-ring (bicyclic) bond motifs is 1. The van der Waals surface area contributed by atoms with Crippen molar-refractivity contribution in [2.24, 2.45) is 34.2 Å². The second kappa shape index (κ2) is 9.15. The summed E-state index contributed by atoms with van der Waals surface area (Å²) in [5, 5.41) is 23.1. The van der Waals surface area contributed by atoms with E-state index in [4.69, 9.17) is 11.5 Å². The normalized spacial score (nSPS) is 34.3. The minimum absolute atomic E-state index is 0.0181. The largest absolute Gasteiger partial charge is 0.477 e. The predicted molar refractivity (Wildman–Crippen MR) is 123 cm³/mol. The number of amides is 2. The van der Waals surface area contributed by atoms with Gasteiger partial charge in [-0.1, -0.05) is 6.92 Å². The van der Waals surface area contributed by atoms with E-state index in [-0.39, 0.29) is 52.6 Å². The quantitative estimate of drug-likeness (QED) is 0.169. The van der Waals surface area contributed by atoms with Crippen molar-refractivity contribution in [2.45, 2.75) is 50.1 Å². The molecule has 0 spiro atoms. The van der Waals surface area contributed by atoms with Crippen LogP contribution in [-0.4, -0.2) is 93.4 Å². The third-order valence-corrected chi connectivity index (χ3v) is 8.63. The lowest BCUT2D eigenvalue weighted by atomic mass is 9.79. The zero-order chi connectivity index (χ0) is 24.0. The first-order valence-corrected chi connectivity index (χ1v) is 12.2. The van der Waals surface area contributed by atoms with Gasteiger partial charge in [0.15, 0.2) is 5.96 Å². The average Bonchev–Trinajstić information content (AvgIpc) is 3.45. The molecular formula is C21H32N6O5S. The first-order chi connectivity index (χ1) is 15.6. The Kier molecular flexibility index (Phi) is 6.61. The second-order valence-corrected chi connectivity index (χ2v) is 10.8. The molecule has 3 fully saturated rings. The number of β-lactam (4-membered cyclic amide) rings is 1. The van der Waals surface area contributed by atoms with Crippen molar-refractivity contribution in [1.29, 1.82) is 0 Å². The molecule has 7 atom stereocenters. The van der Waals surface area contributed by atoms with Crippen LogP contribution in [0.5, 0.6) is 0 Å². The summed E-state index contributed by atoms with van der Waals surface area (Å²) >= 11 is 1.44. The first kappa shape index (κ1) is 23.8. The van der Waals surface area contributed by atoms with Crippen LogP contribution in [0.4, 0.5) is 0 Å². The molecule has 12 heteroatoms. The minimum Gasteiger partial charge on any atom is -0.477 e. The van der Waals surface area contributed by atoms with Crippen molar-refractivity contribution in [2.75, 3.05) is 26.2 Å². The Morgan fingerprint density at radius 1 is 1.36 bits per heavy atom. The Morgan fingerprint density at radius 3 is 2.73 bits per heavy atom. The molecule has 182 valence electrons. The van der Waals surface area contributed by atoms with Crippen molar-refractivity contribution >= 4 is 35.5 Å². The summed E-state index contributed by atoms with van der Waals surface area (Å²) in [6.07, 6.45) is 0.613. The number of carbonyl (C=O) groups is 3. The van der Waals surface area contributed by atoms with Gasteiger partial charge in [0.05, 0.1) is 24.1 Å². The van der Waals surface area contributed by atoms with Crippen LogP contribution in [0, 0.1) is 17.8 Å². The number of thioether (sulfide) groups is 1. The van der Waals surface area contributed by atoms with E-state index in [0.29, 0.717) is 37.5 Å². The summed E-state index contributed by atoms with van der Waals surface area (Å²) in [7, 11) is 0. The number of carboxylic acid groups (broad SMARTS) is 1. The van der Waals surface area contributed by atoms with Crippen molar-refractivity contribution in [3.05, 3.63) is 10.6 Å². The summed E-state index contributed by atoms with van der Waals surface area (Å²) in [5.41, 5.74) is 10.8. The highest BCUT2D eigenvalue weighted by atomic mass is 32.2. The number of rotatable bonds is 7. The maximum absolute atomic E-state index is 13.0. The van der Waals surface area contributed by atoms with Gasteiger partial charge >= 0.3 is 5.97 Å². The fourth-order valence-corrected chi connectivity index (χ4v) is 6.95. The number of guanidine groups is 1. The molecule has 4 heterocycles. The Hall–Kier alpha value is -2.31. The zero-order valence-corrected chi connectivity index (χ0v) is 19.6. The van der Waals surface area contributed by atoms with Crippen LogP contribution in [0.2, 0.25) is 0 Å². The highest BCUT2D eigenvalue weighted by molar-refractivity contribution is 8.03. The van der Waals surface area contributed by atoms with Crippen LogP contribution in [0.25, 0.3) is 0 Å². The Bertz CT molecular complexity index is 904. The molecule has 0 saturated carbocycles. The van der Waals surface area contributed by atoms with E-state index in [1.54, 1.807) is 6.92 Å². The van der Waals surface area contributed by atoms with Crippen molar-refractivity contribution in [3.8, 4) is 0 Å². The molecule has 0 aromatic rings. The number of aliphatic carboxylic acids is 1. The lowest BCUT2D eigenvalue weighted by Crippen LogP contribution is -2.63. The smallest absolute Gasteiger partial charge is 0.353 e. The maximum atomic E-state index is 13.0. The minimum atomic E-state index is -1.13. The number of aliphatic hydroxyl groups is 1. The number of hydrogen-bond acceptors (Lipinski definition) is 7. The van der Waals surface area contributed by atoms with Crippen LogP contribution in [0.15, 0.2) is 15.6 Å². The van der Waals surface area contributed by atoms with Gasteiger partial charge in [-0.2, -0.15) is 0 Å². The topological polar surface area (TPSA) is 175 Å². The van der Waals surface area contributed by atoms with E-state index in [0.717, 1.165) is 6.42 Å². The number of nitrogens with two attached hydrogens (primary N) is 2. The molecule has 3 saturated heterocycles. The number of aliphatic imine (C=N–C) groups is 1. The average molecular weight is 481 g/mol. The van der Waals surface area contributed by atoms with Gasteiger partial charge in [0.2, 0.25) is 11.8 Å². The fraction of sp³-hybridized carbons (Fsp3) is 0.714.